The first-order chi connectivity index (χ1) is 11.1. The molecule has 4 nitrogen and oxygen atoms in total. The molecule has 1 aromatic rings. The molecule has 0 saturated carbocycles. The predicted molar refractivity (Wildman–Crippen MR) is 115 cm³/mol. The van der Waals surface area contributed by atoms with Crippen LogP contribution in [0.15, 0.2) is 29.3 Å². The molecule has 2 rings (SSSR count). The SMILES string of the molecule is CN=C(NCCc1cccc(Cl)c1)NC1CCN(C(C)C)CC1.I. The maximum Gasteiger partial charge on any atom is 0.191 e. The van der Waals surface area contributed by atoms with E-state index < -0.39 is 0 Å². The van der Waals surface area contributed by atoms with Gasteiger partial charge in [0.1, 0.15) is 0 Å². The van der Waals surface area contributed by atoms with E-state index in [1.807, 2.05) is 25.2 Å². The summed E-state index contributed by atoms with van der Waals surface area (Å²) in [5.41, 5.74) is 1.24. The van der Waals surface area contributed by atoms with Gasteiger partial charge < -0.3 is 15.5 Å². The molecule has 0 amide bonds. The van der Waals surface area contributed by atoms with Crippen LogP contribution in [-0.2, 0) is 6.42 Å². The van der Waals surface area contributed by atoms with Gasteiger partial charge in [-0.05, 0) is 50.8 Å². The standard InChI is InChI=1S/C18H29ClN4.HI/c1-14(2)23-11-8-17(9-12-23)22-18(20-3)21-10-7-15-5-4-6-16(19)13-15;/h4-6,13-14,17H,7-12H2,1-3H3,(H2,20,21,22);1H. The van der Waals surface area contributed by atoms with E-state index >= 15 is 0 Å². The van der Waals surface area contributed by atoms with Gasteiger partial charge >= 0.3 is 0 Å². The monoisotopic (exact) mass is 464 g/mol. The highest BCUT2D eigenvalue weighted by molar-refractivity contribution is 14.0. The highest BCUT2D eigenvalue weighted by atomic mass is 127. The maximum atomic E-state index is 6.02. The van der Waals surface area contributed by atoms with Gasteiger partial charge in [0.05, 0.1) is 0 Å². The Bertz CT molecular complexity index is 513. The molecule has 2 N–H and O–H groups in total. The van der Waals surface area contributed by atoms with Gasteiger partial charge in [0, 0.05) is 43.8 Å². The quantitative estimate of drug-likeness (QED) is 0.398. The molecule has 1 aliphatic rings. The molecule has 1 saturated heterocycles. The van der Waals surface area contributed by atoms with Crippen molar-refractivity contribution in [3.05, 3.63) is 34.9 Å². The minimum atomic E-state index is 0. The number of likely N-dealkylation sites (tertiary alicyclic amines) is 1. The summed E-state index contributed by atoms with van der Waals surface area (Å²) in [5.74, 6) is 0.898. The van der Waals surface area contributed by atoms with Crippen LogP contribution in [0.2, 0.25) is 5.02 Å². The third-order valence-corrected chi connectivity index (χ3v) is 4.65. The summed E-state index contributed by atoms with van der Waals surface area (Å²) in [6, 6.07) is 9.18. The second-order valence-electron chi connectivity index (χ2n) is 6.43. The summed E-state index contributed by atoms with van der Waals surface area (Å²) in [7, 11) is 1.83. The van der Waals surface area contributed by atoms with E-state index in [2.05, 4.69) is 40.4 Å². The molecular formula is C18H30ClIN4. The largest absolute Gasteiger partial charge is 0.356 e. The van der Waals surface area contributed by atoms with Crippen LogP contribution in [0.1, 0.15) is 32.3 Å². The van der Waals surface area contributed by atoms with E-state index in [1.54, 1.807) is 0 Å². The van der Waals surface area contributed by atoms with Crippen molar-refractivity contribution in [2.45, 2.75) is 45.2 Å². The van der Waals surface area contributed by atoms with Crippen molar-refractivity contribution in [3.8, 4) is 0 Å². The topological polar surface area (TPSA) is 39.7 Å². The zero-order valence-electron chi connectivity index (χ0n) is 14.9. The number of benzene rings is 1. The van der Waals surface area contributed by atoms with Crippen molar-refractivity contribution in [3.63, 3.8) is 0 Å². The number of piperidine rings is 1. The first kappa shape index (κ1) is 21.5. The Morgan fingerprint density at radius 2 is 2.04 bits per heavy atom. The molecule has 0 aliphatic carbocycles. The van der Waals surface area contributed by atoms with Crippen LogP contribution in [-0.4, -0.2) is 49.6 Å². The van der Waals surface area contributed by atoms with E-state index in [0.717, 1.165) is 37.0 Å². The third kappa shape index (κ3) is 7.15. The second-order valence-corrected chi connectivity index (χ2v) is 6.86. The molecule has 136 valence electrons. The van der Waals surface area contributed by atoms with E-state index in [9.17, 15) is 0 Å². The first-order valence-corrected chi connectivity index (χ1v) is 8.92. The Kier molecular flexibility index (Phi) is 10.0. The minimum absolute atomic E-state index is 0. The summed E-state index contributed by atoms with van der Waals surface area (Å²) in [4.78, 5) is 6.88. The molecule has 1 aromatic carbocycles. The van der Waals surface area contributed by atoms with Crippen molar-refractivity contribution in [2.24, 2.45) is 4.99 Å². The Hall–Kier alpha value is -0.530. The molecule has 0 aromatic heterocycles. The Balaban J connectivity index is 0.00000288. The van der Waals surface area contributed by atoms with Crippen molar-refractivity contribution < 1.29 is 0 Å². The fraction of sp³-hybridized carbons (Fsp3) is 0.611. The lowest BCUT2D eigenvalue weighted by Crippen LogP contribution is -2.50. The molecular weight excluding hydrogens is 435 g/mol. The first-order valence-electron chi connectivity index (χ1n) is 8.54. The minimum Gasteiger partial charge on any atom is -0.356 e. The summed E-state index contributed by atoms with van der Waals surface area (Å²) in [5, 5.41) is 7.74. The fourth-order valence-electron chi connectivity index (χ4n) is 2.97. The smallest absolute Gasteiger partial charge is 0.191 e. The second kappa shape index (κ2) is 11.2. The Labute approximate surface area is 168 Å². The van der Waals surface area contributed by atoms with Gasteiger partial charge in [-0.1, -0.05) is 23.7 Å². The van der Waals surface area contributed by atoms with Crippen molar-refractivity contribution in [1.82, 2.24) is 15.5 Å². The Morgan fingerprint density at radius 3 is 2.62 bits per heavy atom. The van der Waals surface area contributed by atoms with Crippen molar-refractivity contribution >= 4 is 41.5 Å². The van der Waals surface area contributed by atoms with E-state index in [1.165, 1.54) is 18.4 Å². The van der Waals surface area contributed by atoms with Gasteiger partial charge in [-0.15, -0.1) is 24.0 Å². The maximum absolute atomic E-state index is 6.02. The van der Waals surface area contributed by atoms with Crippen LogP contribution < -0.4 is 10.6 Å². The van der Waals surface area contributed by atoms with Gasteiger partial charge in [-0.3, -0.25) is 4.99 Å². The van der Waals surface area contributed by atoms with Crippen LogP contribution in [0.3, 0.4) is 0 Å². The van der Waals surface area contributed by atoms with Crippen molar-refractivity contribution in [1.29, 1.82) is 0 Å². The third-order valence-electron chi connectivity index (χ3n) is 4.42. The molecule has 1 aliphatic heterocycles. The summed E-state index contributed by atoms with van der Waals surface area (Å²) in [6.45, 7) is 7.71. The molecule has 0 atom stereocenters. The van der Waals surface area contributed by atoms with Gasteiger partial charge in [-0.2, -0.15) is 0 Å². The van der Waals surface area contributed by atoms with Crippen LogP contribution in [0.4, 0.5) is 0 Å². The van der Waals surface area contributed by atoms with E-state index in [-0.39, 0.29) is 24.0 Å². The zero-order chi connectivity index (χ0) is 16.7. The van der Waals surface area contributed by atoms with Gasteiger partial charge in [0.25, 0.3) is 0 Å². The molecule has 0 radical (unpaired) electrons. The summed E-state index contributed by atoms with van der Waals surface area (Å²) in [6.07, 6.45) is 3.29. The fourth-order valence-corrected chi connectivity index (χ4v) is 3.18. The normalized spacial score (nSPS) is 16.8. The number of rotatable bonds is 5. The van der Waals surface area contributed by atoms with Gasteiger partial charge in [-0.25, -0.2) is 0 Å². The highest BCUT2D eigenvalue weighted by Crippen LogP contribution is 2.13. The predicted octanol–water partition coefficient (Wildman–Crippen LogP) is 3.54. The molecule has 0 bridgehead atoms. The summed E-state index contributed by atoms with van der Waals surface area (Å²) >= 11 is 6.02. The molecule has 24 heavy (non-hydrogen) atoms. The number of nitrogens with one attached hydrogen (secondary N) is 2. The lowest BCUT2D eigenvalue weighted by Gasteiger charge is -2.35. The Morgan fingerprint density at radius 1 is 1.33 bits per heavy atom. The van der Waals surface area contributed by atoms with Crippen molar-refractivity contribution in [2.75, 3.05) is 26.7 Å². The van der Waals surface area contributed by atoms with Crippen LogP contribution in [0, 0.1) is 0 Å². The number of guanidine groups is 1. The van der Waals surface area contributed by atoms with Crippen LogP contribution in [0.25, 0.3) is 0 Å². The van der Waals surface area contributed by atoms with E-state index in [4.69, 9.17) is 11.6 Å². The average Bonchev–Trinajstić information content (AvgIpc) is 2.54. The molecule has 1 fully saturated rings. The van der Waals surface area contributed by atoms with Crippen LogP contribution in [0.5, 0.6) is 0 Å². The lowest BCUT2D eigenvalue weighted by molar-refractivity contribution is 0.167. The number of hydrogen-bond donors (Lipinski definition) is 2. The average molecular weight is 465 g/mol. The number of hydrogen-bond acceptors (Lipinski definition) is 2. The summed E-state index contributed by atoms with van der Waals surface area (Å²) < 4.78 is 0. The highest BCUT2D eigenvalue weighted by Gasteiger charge is 2.21. The number of nitrogens with zero attached hydrogens (tertiary/aromatic N) is 2. The molecule has 6 heteroatoms. The van der Waals surface area contributed by atoms with E-state index in [0.29, 0.717) is 12.1 Å². The number of halogens is 2. The number of aliphatic imine (C=N–C) groups is 1. The molecule has 0 spiro atoms. The van der Waals surface area contributed by atoms with Crippen LogP contribution >= 0.6 is 35.6 Å². The van der Waals surface area contributed by atoms with Gasteiger partial charge in [0.15, 0.2) is 5.96 Å². The molecule has 0 unspecified atom stereocenters. The lowest BCUT2D eigenvalue weighted by atomic mass is 10.0. The molecule has 1 heterocycles. The van der Waals surface area contributed by atoms with Gasteiger partial charge in [0.2, 0.25) is 0 Å². The zero-order valence-corrected chi connectivity index (χ0v) is 18.0.